The van der Waals surface area contributed by atoms with Crippen molar-refractivity contribution >= 4 is 35.8 Å². The van der Waals surface area contributed by atoms with Crippen molar-refractivity contribution in [2.75, 3.05) is 53.0 Å². The van der Waals surface area contributed by atoms with E-state index in [9.17, 15) is 4.79 Å². The van der Waals surface area contributed by atoms with E-state index in [4.69, 9.17) is 9.47 Å². The molecule has 2 aliphatic heterocycles. The van der Waals surface area contributed by atoms with Crippen LogP contribution in [-0.4, -0.2) is 75.9 Å². The number of guanidine groups is 1. The van der Waals surface area contributed by atoms with Gasteiger partial charge in [-0.05, 0) is 38.5 Å². The van der Waals surface area contributed by atoms with Crippen LogP contribution in [0.1, 0.15) is 39.0 Å². The predicted molar refractivity (Wildman–Crippen MR) is 114 cm³/mol. The Bertz CT molecular complexity index is 423. The van der Waals surface area contributed by atoms with E-state index >= 15 is 0 Å². The summed E-state index contributed by atoms with van der Waals surface area (Å²) in [4.78, 5) is 18.5. The maximum atomic E-state index is 11.5. The Morgan fingerprint density at radius 3 is 2.69 bits per heavy atom. The smallest absolute Gasteiger partial charge is 0.220 e. The first-order chi connectivity index (χ1) is 12.2. The molecule has 1 atom stereocenters. The minimum atomic E-state index is 0. The number of likely N-dealkylation sites (tertiary alicyclic amines) is 1. The lowest BCUT2D eigenvalue weighted by Gasteiger charge is -2.34. The summed E-state index contributed by atoms with van der Waals surface area (Å²) in [5, 5.41) is 6.08. The lowest BCUT2D eigenvalue weighted by molar-refractivity contribution is -0.121. The van der Waals surface area contributed by atoms with Gasteiger partial charge < -0.3 is 25.0 Å². The average molecular weight is 482 g/mol. The van der Waals surface area contributed by atoms with Crippen LogP contribution in [0.25, 0.3) is 0 Å². The molecule has 1 amide bonds. The third-order valence-electron chi connectivity index (χ3n) is 4.83. The SMILES string of the molecule is CCNC(=NCCOCC1CCCO1)N1CCC(CC(=O)NC)CC1.I. The van der Waals surface area contributed by atoms with Gasteiger partial charge in [0, 0.05) is 39.7 Å². The van der Waals surface area contributed by atoms with Crippen LogP contribution in [0.15, 0.2) is 4.99 Å². The van der Waals surface area contributed by atoms with Gasteiger partial charge in [0.2, 0.25) is 5.91 Å². The van der Waals surface area contributed by atoms with Crippen molar-refractivity contribution in [3.63, 3.8) is 0 Å². The fourth-order valence-electron chi connectivity index (χ4n) is 3.35. The molecule has 0 aliphatic carbocycles. The second-order valence-electron chi connectivity index (χ2n) is 6.75. The van der Waals surface area contributed by atoms with Gasteiger partial charge in [0.05, 0.1) is 25.9 Å². The Morgan fingerprint density at radius 2 is 2.08 bits per heavy atom. The van der Waals surface area contributed by atoms with Crippen molar-refractivity contribution in [3.05, 3.63) is 0 Å². The molecule has 26 heavy (non-hydrogen) atoms. The van der Waals surface area contributed by atoms with Crippen LogP contribution in [-0.2, 0) is 14.3 Å². The molecule has 0 aromatic heterocycles. The van der Waals surface area contributed by atoms with Crippen LogP contribution in [0.4, 0.5) is 0 Å². The summed E-state index contributed by atoms with van der Waals surface area (Å²) in [7, 11) is 1.70. The standard InChI is InChI=1S/C18H34N4O3.HI/c1-3-20-18(21-8-12-24-14-16-5-4-11-25-16)22-9-6-15(7-10-22)13-17(23)19-2;/h15-16H,3-14H2,1-2H3,(H,19,23)(H,20,21);1H. The minimum Gasteiger partial charge on any atom is -0.377 e. The second-order valence-corrected chi connectivity index (χ2v) is 6.75. The fourth-order valence-corrected chi connectivity index (χ4v) is 3.35. The first-order valence-electron chi connectivity index (χ1n) is 9.66. The average Bonchev–Trinajstić information content (AvgIpc) is 3.14. The van der Waals surface area contributed by atoms with Gasteiger partial charge in [-0.15, -0.1) is 24.0 Å². The summed E-state index contributed by atoms with van der Waals surface area (Å²) >= 11 is 0. The Labute approximate surface area is 174 Å². The van der Waals surface area contributed by atoms with E-state index in [0.29, 0.717) is 32.1 Å². The van der Waals surface area contributed by atoms with Gasteiger partial charge in [-0.25, -0.2) is 0 Å². The van der Waals surface area contributed by atoms with Crippen LogP contribution in [0.2, 0.25) is 0 Å². The van der Waals surface area contributed by atoms with Crippen LogP contribution in [0.3, 0.4) is 0 Å². The van der Waals surface area contributed by atoms with Crippen molar-refractivity contribution in [2.24, 2.45) is 10.9 Å². The van der Waals surface area contributed by atoms with Crippen molar-refractivity contribution < 1.29 is 14.3 Å². The number of amides is 1. The summed E-state index contributed by atoms with van der Waals surface area (Å²) in [5.74, 6) is 1.58. The number of nitrogens with zero attached hydrogens (tertiary/aromatic N) is 2. The van der Waals surface area contributed by atoms with Gasteiger partial charge in [-0.3, -0.25) is 9.79 Å². The van der Waals surface area contributed by atoms with Crippen molar-refractivity contribution in [2.45, 2.75) is 45.1 Å². The maximum absolute atomic E-state index is 11.5. The number of hydrogen-bond acceptors (Lipinski definition) is 4. The van der Waals surface area contributed by atoms with E-state index in [1.807, 2.05) is 0 Å². The number of piperidine rings is 1. The fraction of sp³-hybridized carbons (Fsp3) is 0.889. The van der Waals surface area contributed by atoms with Gasteiger partial charge in [-0.1, -0.05) is 0 Å². The van der Waals surface area contributed by atoms with Gasteiger partial charge >= 0.3 is 0 Å². The first-order valence-corrected chi connectivity index (χ1v) is 9.66. The monoisotopic (exact) mass is 482 g/mol. The van der Waals surface area contributed by atoms with Crippen LogP contribution in [0, 0.1) is 5.92 Å². The van der Waals surface area contributed by atoms with Crippen molar-refractivity contribution in [1.82, 2.24) is 15.5 Å². The number of nitrogens with one attached hydrogen (secondary N) is 2. The Morgan fingerprint density at radius 1 is 1.31 bits per heavy atom. The summed E-state index contributed by atoms with van der Waals surface area (Å²) in [6, 6.07) is 0. The highest BCUT2D eigenvalue weighted by atomic mass is 127. The van der Waals surface area contributed by atoms with Crippen LogP contribution >= 0.6 is 24.0 Å². The molecule has 2 fully saturated rings. The quantitative estimate of drug-likeness (QED) is 0.238. The molecule has 0 saturated carbocycles. The highest BCUT2D eigenvalue weighted by Crippen LogP contribution is 2.20. The molecular weight excluding hydrogens is 447 g/mol. The third-order valence-corrected chi connectivity index (χ3v) is 4.83. The molecule has 1 unspecified atom stereocenters. The molecule has 8 heteroatoms. The lowest BCUT2D eigenvalue weighted by atomic mass is 9.93. The minimum absolute atomic E-state index is 0. The van der Waals surface area contributed by atoms with Crippen molar-refractivity contribution in [1.29, 1.82) is 0 Å². The van der Waals surface area contributed by atoms with Gasteiger partial charge in [0.1, 0.15) is 0 Å². The molecule has 7 nitrogen and oxygen atoms in total. The van der Waals surface area contributed by atoms with Gasteiger partial charge in [0.25, 0.3) is 0 Å². The molecular formula is C18H35IN4O3. The highest BCUT2D eigenvalue weighted by molar-refractivity contribution is 14.0. The zero-order chi connectivity index (χ0) is 17.9. The second kappa shape index (κ2) is 13.5. The zero-order valence-corrected chi connectivity index (χ0v) is 18.5. The predicted octanol–water partition coefficient (Wildman–Crippen LogP) is 1.61. The van der Waals surface area contributed by atoms with E-state index in [1.165, 1.54) is 0 Å². The molecule has 0 radical (unpaired) electrons. The largest absolute Gasteiger partial charge is 0.377 e. The maximum Gasteiger partial charge on any atom is 0.220 e. The number of ether oxygens (including phenoxy) is 2. The number of carbonyl (C=O) groups excluding carboxylic acids is 1. The van der Waals surface area contributed by atoms with E-state index < -0.39 is 0 Å². The molecule has 2 rings (SSSR count). The Balaban J connectivity index is 0.00000338. The normalized spacial score (nSPS) is 21.4. The first kappa shape index (κ1) is 23.4. The van der Waals surface area contributed by atoms with Gasteiger partial charge in [0.15, 0.2) is 5.96 Å². The molecule has 152 valence electrons. The number of halogens is 1. The lowest BCUT2D eigenvalue weighted by Crippen LogP contribution is -2.46. The number of rotatable bonds is 8. The summed E-state index contributed by atoms with van der Waals surface area (Å²) in [6.07, 6.45) is 5.23. The Hall–Kier alpha value is -0.610. The van der Waals surface area contributed by atoms with Crippen LogP contribution < -0.4 is 10.6 Å². The molecule has 0 aromatic carbocycles. The van der Waals surface area contributed by atoms with Crippen molar-refractivity contribution in [3.8, 4) is 0 Å². The van der Waals surface area contributed by atoms with E-state index in [2.05, 4.69) is 27.4 Å². The number of hydrogen-bond donors (Lipinski definition) is 2. The van der Waals surface area contributed by atoms with E-state index in [0.717, 1.165) is 57.9 Å². The molecule has 0 aromatic rings. The molecule has 0 bridgehead atoms. The zero-order valence-electron chi connectivity index (χ0n) is 16.2. The highest BCUT2D eigenvalue weighted by Gasteiger charge is 2.23. The number of aliphatic imine (C=N–C) groups is 1. The summed E-state index contributed by atoms with van der Waals surface area (Å²) < 4.78 is 11.2. The topological polar surface area (TPSA) is 75.2 Å². The van der Waals surface area contributed by atoms with E-state index in [1.54, 1.807) is 7.05 Å². The van der Waals surface area contributed by atoms with Gasteiger partial charge in [-0.2, -0.15) is 0 Å². The van der Waals surface area contributed by atoms with E-state index in [-0.39, 0.29) is 36.0 Å². The molecule has 2 N–H and O–H groups in total. The molecule has 2 heterocycles. The molecule has 2 aliphatic rings. The third kappa shape index (κ3) is 8.39. The molecule has 0 spiro atoms. The van der Waals surface area contributed by atoms with Crippen LogP contribution in [0.5, 0.6) is 0 Å². The summed E-state index contributed by atoms with van der Waals surface area (Å²) in [5.41, 5.74) is 0. The summed E-state index contributed by atoms with van der Waals surface area (Å²) in [6.45, 7) is 7.67. The Kier molecular flexibility index (Phi) is 12.2. The molecule has 2 saturated heterocycles. The number of carbonyl (C=O) groups is 1.